The van der Waals surface area contributed by atoms with Gasteiger partial charge in [0.15, 0.2) is 0 Å². The fourth-order valence-electron chi connectivity index (χ4n) is 1.85. The monoisotopic (exact) mass is 254 g/mol. The van der Waals surface area contributed by atoms with Crippen molar-refractivity contribution in [3.8, 4) is 0 Å². The highest BCUT2D eigenvalue weighted by Crippen LogP contribution is 2.26. The van der Waals surface area contributed by atoms with Crippen molar-refractivity contribution in [2.45, 2.75) is 13.0 Å². The Bertz CT molecular complexity index is 416. The van der Waals surface area contributed by atoms with Gasteiger partial charge >= 0.3 is 0 Å². The van der Waals surface area contributed by atoms with Crippen molar-refractivity contribution in [2.75, 3.05) is 18.5 Å². The number of aryl methyl sites for hydroxylation is 1. The van der Waals surface area contributed by atoms with Crippen LogP contribution in [0, 0.1) is 12.8 Å². The topological polar surface area (TPSA) is 64.3 Å². The second-order valence-electron chi connectivity index (χ2n) is 4.23. The lowest BCUT2D eigenvalue weighted by Crippen LogP contribution is -2.37. The summed E-state index contributed by atoms with van der Waals surface area (Å²) in [7, 11) is 0. The molecule has 3 N–H and O–H groups in total. The molecule has 1 aliphatic heterocycles. The molecular formula is C12H15ClN2O2. The van der Waals surface area contributed by atoms with Crippen LogP contribution in [0.15, 0.2) is 18.2 Å². The summed E-state index contributed by atoms with van der Waals surface area (Å²) in [5.41, 5.74) is 7.37. The van der Waals surface area contributed by atoms with Gasteiger partial charge in [0.25, 0.3) is 0 Å². The molecule has 1 aromatic carbocycles. The average Bonchev–Trinajstić information content (AvgIpc) is 2.70. The zero-order chi connectivity index (χ0) is 12.4. The third-order valence-electron chi connectivity index (χ3n) is 2.93. The maximum atomic E-state index is 12.0. The number of anilines is 1. The molecule has 5 heteroatoms. The molecule has 2 atom stereocenters. The van der Waals surface area contributed by atoms with E-state index in [9.17, 15) is 4.79 Å². The number of amides is 1. The molecule has 2 unspecified atom stereocenters. The van der Waals surface area contributed by atoms with Crippen molar-refractivity contribution in [2.24, 2.45) is 11.7 Å². The predicted octanol–water partition coefficient (Wildman–Crippen LogP) is 1.56. The van der Waals surface area contributed by atoms with Crippen LogP contribution < -0.4 is 11.1 Å². The average molecular weight is 255 g/mol. The first-order valence-electron chi connectivity index (χ1n) is 5.49. The number of nitrogens with one attached hydrogen (secondary N) is 1. The number of rotatable bonds is 2. The molecule has 0 aromatic heterocycles. The van der Waals surface area contributed by atoms with Crippen molar-refractivity contribution in [1.29, 1.82) is 0 Å². The van der Waals surface area contributed by atoms with Crippen molar-refractivity contribution >= 4 is 23.2 Å². The summed E-state index contributed by atoms with van der Waals surface area (Å²) in [5, 5.41) is 3.35. The predicted molar refractivity (Wildman–Crippen MR) is 67.1 cm³/mol. The largest absolute Gasteiger partial charge is 0.379 e. The highest BCUT2D eigenvalue weighted by atomic mass is 35.5. The van der Waals surface area contributed by atoms with E-state index in [1.165, 1.54) is 0 Å². The molecule has 1 saturated heterocycles. The first kappa shape index (κ1) is 12.4. The van der Waals surface area contributed by atoms with Gasteiger partial charge < -0.3 is 15.8 Å². The lowest BCUT2D eigenvalue weighted by atomic mass is 10.0. The van der Waals surface area contributed by atoms with E-state index in [4.69, 9.17) is 22.1 Å². The molecule has 1 aromatic rings. The van der Waals surface area contributed by atoms with Crippen LogP contribution in [-0.4, -0.2) is 25.2 Å². The Morgan fingerprint density at radius 2 is 2.29 bits per heavy atom. The molecule has 1 aliphatic rings. The Balaban J connectivity index is 2.13. The van der Waals surface area contributed by atoms with E-state index in [2.05, 4.69) is 5.32 Å². The van der Waals surface area contributed by atoms with E-state index in [1.54, 1.807) is 6.07 Å². The molecule has 0 radical (unpaired) electrons. The van der Waals surface area contributed by atoms with Crippen LogP contribution in [0.2, 0.25) is 5.02 Å². The molecule has 2 rings (SSSR count). The molecular weight excluding hydrogens is 240 g/mol. The lowest BCUT2D eigenvalue weighted by Gasteiger charge is -2.15. The SMILES string of the molecule is Cc1cccc(Cl)c1NC(=O)C1COCC1N. The van der Waals surface area contributed by atoms with Crippen LogP contribution in [0.1, 0.15) is 5.56 Å². The zero-order valence-corrected chi connectivity index (χ0v) is 10.3. The Kier molecular flexibility index (Phi) is 3.66. The standard InChI is InChI=1S/C12H15ClN2O2/c1-7-3-2-4-9(13)11(7)15-12(16)8-5-17-6-10(8)14/h2-4,8,10H,5-6,14H2,1H3,(H,15,16). The first-order valence-corrected chi connectivity index (χ1v) is 5.86. The fraction of sp³-hybridized carbons (Fsp3) is 0.417. The Hall–Kier alpha value is -1.10. The molecule has 0 bridgehead atoms. The molecule has 0 saturated carbocycles. The molecule has 0 spiro atoms. The van der Waals surface area contributed by atoms with E-state index in [1.807, 2.05) is 19.1 Å². The van der Waals surface area contributed by atoms with Crippen molar-refractivity contribution in [3.05, 3.63) is 28.8 Å². The molecule has 4 nitrogen and oxygen atoms in total. The van der Waals surface area contributed by atoms with E-state index in [0.717, 1.165) is 5.56 Å². The second-order valence-corrected chi connectivity index (χ2v) is 4.64. The van der Waals surface area contributed by atoms with Gasteiger partial charge in [-0.05, 0) is 18.6 Å². The maximum Gasteiger partial charge on any atom is 0.231 e. The minimum atomic E-state index is -0.300. The Morgan fingerprint density at radius 3 is 2.88 bits per heavy atom. The summed E-state index contributed by atoms with van der Waals surface area (Å²) < 4.78 is 5.17. The Labute approximate surface area is 105 Å². The van der Waals surface area contributed by atoms with Crippen LogP contribution in [0.4, 0.5) is 5.69 Å². The van der Waals surface area contributed by atoms with Crippen molar-refractivity contribution in [1.82, 2.24) is 0 Å². The lowest BCUT2D eigenvalue weighted by molar-refractivity contribution is -0.120. The summed E-state index contributed by atoms with van der Waals surface area (Å²) in [4.78, 5) is 12.0. The van der Waals surface area contributed by atoms with Crippen molar-refractivity contribution < 1.29 is 9.53 Å². The number of nitrogens with two attached hydrogens (primary N) is 1. The van der Waals surface area contributed by atoms with Gasteiger partial charge in [0.2, 0.25) is 5.91 Å². The number of carbonyl (C=O) groups excluding carboxylic acids is 1. The number of ether oxygens (including phenoxy) is 1. The minimum Gasteiger partial charge on any atom is -0.379 e. The summed E-state index contributed by atoms with van der Waals surface area (Å²) in [6.45, 7) is 2.70. The van der Waals surface area contributed by atoms with Crippen LogP contribution in [0.5, 0.6) is 0 Å². The molecule has 0 aliphatic carbocycles. The number of hydrogen-bond donors (Lipinski definition) is 2. The van der Waals surface area contributed by atoms with Crippen LogP contribution >= 0.6 is 11.6 Å². The van der Waals surface area contributed by atoms with E-state index >= 15 is 0 Å². The minimum absolute atomic E-state index is 0.133. The van der Waals surface area contributed by atoms with Gasteiger partial charge in [-0.15, -0.1) is 0 Å². The maximum absolute atomic E-state index is 12.0. The fourth-order valence-corrected chi connectivity index (χ4v) is 2.12. The molecule has 1 amide bonds. The van der Waals surface area contributed by atoms with Gasteiger partial charge in [-0.3, -0.25) is 4.79 Å². The third-order valence-corrected chi connectivity index (χ3v) is 3.25. The van der Waals surface area contributed by atoms with E-state index in [0.29, 0.717) is 23.9 Å². The van der Waals surface area contributed by atoms with Crippen LogP contribution in [0.3, 0.4) is 0 Å². The number of para-hydroxylation sites is 1. The molecule has 92 valence electrons. The zero-order valence-electron chi connectivity index (χ0n) is 9.57. The summed E-state index contributed by atoms with van der Waals surface area (Å²) >= 11 is 6.04. The van der Waals surface area contributed by atoms with Gasteiger partial charge in [0.05, 0.1) is 29.8 Å². The van der Waals surface area contributed by atoms with Gasteiger partial charge in [0, 0.05) is 6.04 Å². The molecule has 17 heavy (non-hydrogen) atoms. The molecule has 1 heterocycles. The van der Waals surface area contributed by atoms with Gasteiger partial charge in [-0.25, -0.2) is 0 Å². The highest BCUT2D eigenvalue weighted by molar-refractivity contribution is 6.33. The number of halogens is 1. The number of carbonyl (C=O) groups is 1. The van der Waals surface area contributed by atoms with Gasteiger partial charge in [0.1, 0.15) is 0 Å². The summed E-state index contributed by atoms with van der Waals surface area (Å²) in [5.74, 6) is -0.433. The smallest absolute Gasteiger partial charge is 0.231 e. The van der Waals surface area contributed by atoms with Crippen LogP contribution in [-0.2, 0) is 9.53 Å². The summed E-state index contributed by atoms with van der Waals surface area (Å²) in [6.07, 6.45) is 0. The van der Waals surface area contributed by atoms with E-state index in [-0.39, 0.29) is 17.9 Å². The number of benzene rings is 1. The van der Waals surface area contributed by atoms with Gasteiger partial charge in [-0.1, -0.05) is 23.7 Å². The van der Waals surface area contributed by atoms with Crippen LogP contribution in [0.25, 0.3) is 0 Å². The number of hydrogen-bond acceptors (Lipinski definition) is 3. The van der Waals surface area contributed by atoms with E-state index < -0.39 is 0 Å². The first-order chi connectivity index (χ1) is 8.09. The Morgan fingerprint density at radius 1 is 1.53 bits per heavy atom. The normalized spacial score (nSPS) is 23.7. The van der Waals surface area contributed by atoms with Crippen molar-refractivity contribution in [3.63, 3.8) is 0 Å². The highest BCUT2D eigenvalue weighted by Gasteiger charge is 2.31. The summed E-state index contributed by atoms with van der Waals surface area (Å²) in [6, 6.07) is 5.25. The quantitative estimate of drug-likeness (QED) is 0.842. The second kappa shape index (κ2) is 5.04. The van der Waals surface area contributed by atoms with Gasteiger partial charge in [-0.2, -0.15) is 0 Å². The third kappa shape index (κ3) is 2.60. The molecule has 1 fully saturated rings.